The van der Waals surface area contributed by atoms with Gasteiger partial charge in [0.25, 0.3) is 5.91 Å². The van der Waals surface area contributed by atoms with Gasteiger partial charge < -0.3 is 18.9 Å². The maximum atomic E-state index is 13.9. The zero-order chi connectivity index (χ0) is 18.7. The fourth-order valence-electron chi connectivity index (χ4n) is 3.42. The molecule has 1 aliphatic rings. The van der Waals surface area contributed by atoms with E-state index in [0.29, 0.717) is 25.3 Å². The Bertz CT molecular complexity index is 790. The molecule has 26 heavy (non-hydrogen) atoms. The second kappa shape index (κ2) is 7.86. The molecule has 0 bridgehead atoms. The first-order valence-electron chi connectivity index (χ1n) is 8.69. The van der Waals surface area contributed by atoms with E-state index in [4.69, 9.17) is 9.47 Å². The smallest absolute Gasteiger partial charge is 0.253 e. The molecule has 2 aromatic rings. The zero-order valence-electron chi connectivity index (χ0n) is 15.4. The number of rotatable bonds is 6. The molecule has 1 atom stereocenters. The highest BCUT2D eigenvalue weighted by atomic mass is 19.1. The second-order valence-corrected chi connectivity index (χ2v) is 6.49. The van der Waals surface area contributed by atoms with Gasteiger partial charge in [-0.05, 0) is 31.5 Å². The molecule has 1 amide bonds. The number of ether oxygens (including phenoxy) is 2. The summed E-state index contributed by atoms with van der Waals surface area (Å²) in [4.78, 5) is 19.0. The van der Waals surface area contributed by atoms with E-state index in [1.807, 2.05) is 13.1 Å². The number of aryl methyl sites for hydroxylation is 1. The van der Waals surface area contributed by atoms with E-state index < -0.39 is 5.82 Å². The van der Waals surface area contributed by atoms with E-state index in [0.717, 1.165) is 24.5 Å². The van der Waals surface area contributed by atoms with Crippen LogP contribution >= 0.6 is 0 Å². The maximum absolute atomic E-state index is 13.9. The number of benzene rings is 1. The number of likely N-dealkylation sites (tertiary alicyclic amines) is 1. The van der Waals surface area contributed by atoms with Gasteiger partial charge in [-0.1, -0.05) is 0 Å². The standard InChI is InChI=1S/C19H24FN3O3/c1-13-11-21-18(23(13)8-9-25-2)15-6-7-22(12-15)19(24)14-4-5-17(26-3)16(20)10-14/h4-5,10-11,15H,6-9,12H2,1-3H3. The number of hydrogen-bond donors (Lipinski definition) is 0. The molecule has 7 heteroatoms. The Hall–Kier alpha value is -2.41. The highest BCUT2D eigenvalue weighted by Gasteiger charge is 2.31. The molecule has 1 aliphatic heterocycles. The van der Waals surface area contributed by atoms with Crippen molar-refractivity contribution in [2.75, 3.05) is 33.9 Å². The van der Waals surface area contributed by atoms with Crippen LogP contribution in [-0.4, -0.2) is 54.3 Å². The third kappa shape index (κ3) is 3.58. The van der Waals surface area contributed by atoms with Crippen molar-refractivity contribution >= 4 is 5.91 Å². The summed E-state index contributed by atoms with van der Waals surface area (Å²) in [5.41, 5.74) is 1.42. The van der Waals surface area contributed by atoms with Crippen molar-refractivity contribution in [2.24, 2.45) is 0 Å². The van der Waals surface area contributed by atoms with E-state index >= 15 is 0 Å². The summed E-state index contributed by atoms with van der Waals surface area (Å²) in [5.74, 6) is 0.598. The second-order valence-electron chi connectivity index (χ2n) is 6.49. The van der Waals surface area contributed by atoms with E-state index in [2.05, 4.69) is 9.55 Å². The lowest BCUT2D eigenvalue weighted by Crippen LogP contribution is -2.29. The monoisotopic (exact) mass is 361 g/mol. The topological polar surface area (TPSA) is 56.6 Å². The number of carbonyl (C=O) groups is 1. The van der Waals surface area contributed by atoms with Gasteiger partial charge in [-0.15, -0.1) is 0 Å². The van der Waals surface area contributed by atoms with Crippen molar-refractivity contribution in [3.63, 3.8) is 0 Å². The van der Waals surface area contributed by atoms with E-state index in [1.54, 1.807) is 18.1 Å². The van der Waals surface area contributed by atoms with Crippen LogP contribution in [0.2, 0.25) is 0 Å². The summed E-state index contributed by atoms with van der Waals surface area (Å²) < 4.78 is 26.1. The Kier molecular flexibility index (Phi) is 5.56. The first kappa shape index (κ1) is 18.4. The van der Waals surface area contributed by atoms with Crippen LogP contribution < -0.4 is 4.74 Å². The number of carbonyl (C=O) groups excluding carboxylic acids is 1. The lowest BCUT2D eigenvalue weighted by atomic mass is 10.1. The third-order valence-corrected chi connectivity index (χ3v) is 4.84. The minimum atomic E-state index is -0.528. The fraction of sp³-hybridized carbons (Fsp3) is 0.474. The molecule has 0 spiro atoms. The van der Waals surface area contributed by atoms with Gasteiger partial charge in [-0.2, -0.15) is 0 Å². The number of hydrogen-bond acceptors (Lipinski definition) is 4. The van der Waals surface area contributed by atoms with Crippen LogP contribution in [0.15, 0.2) is 24.4 Å². The molecule has 0 aliphatic carbocycles. The molecule has 0 saturated carbocycles. The molecule has 6 nitrogen and oxygen atoms in total. The van der Waals surface area contributed by atoms with Gasteiger partial charge in [0.05, 0.1) is 13.7 Å². The molecule has 140 valence electrons. The van der Waals surface area contributed by atoms with Crippen molar-refractivity contribution in [1.82, 2.24) is 14.5 Å². The number of halogens is 1. The first-order chi connectivity index (χ1) is 12.5. The van der Waals surface area contributed by atoms with Gasteiger partial charge >= 0.3 is 0 Å². The molecule has 0 N–H and O–H groups in total. The number of methoxy groups -OCH3 is 2. The number of amides is 1. The fourth-order valence-corrected chi connectivity index (χ4v) is 3.42. The Morgan fingerprint density at radius 3 is 2.88 bits per heavy atom. The van der Waals surface area contributed by atoms with Crippen LogP contribution in [0.4, 0.5) is 4.39 Å². The van der Waals surface area contributed by atoms with Gasteiger partial charge in [0, 0.05) is 50.1 Å². The minimum Gasteiger partial charge on any atom is -0.494 e. The molecule has 2 heterocycles. The van der Waals surface area contributed by atoms with Crippen LogP contribution in [0.25, 0.3) is 0 Å². The summed E-state index contributed by atoms with van der Waals surface area (Å²) in [6.45, 7) is 4.59. The van der Waals surface area contributed by atoms with Gasteiger partial charge in [-0.3, -0.25) is 4.79 Å². The van der Waals surface area contributed by atoms with E-state index in [9.17, 15) is 9.18 Å². The Labute approximate surface area is 152 Å². The van der Waals surface area contributed by atoms with Gasteiger partial charge in [0.2, 0.25) is 0 Å². The van der Waals surface area contributed by atoms with Crippen molar-refractivity contribution in [3.8, 4) is 5.75 Å². The summed E-state index contributed by atoms with van der Waals surface area (Å²) in [7, 11) is 3.08. The summed E-state index contributed by atoms with van der Waals surface area (Å²) >= 11 is 0. The predicted molar refractivity (Wildman–Crippen MR) is 95.1 cm³/mol. The molecule has 1 fully saturated rings. The zero-order valence-corrected chi connectivity index (χ0v) is 15.4. The number of nitrogens with zero attached hydrogens (tertiary/aromatic N) is 3. The highest BCUT2D eigenvalue weighted by molar-refractivity contribution is 5.94. The molecule has 1 unspecified atom stereocenters. The quantitative estimate of drug-likeness (QED) is 0.794. The lowest BCUT2D eigenvalue weighted by molar-refractivity contribution is 0.0789. The van der Waals surface area contributed by atoms with Crippen LogP contribution in [0, 0.1) is 12.7 Å². The van der Waals surface area contributed by atoms with Crippen LogP contribution in [0.3, 0.4) is 0 Å². The molecule has 1 saturated heterocycles. The minimum absolute atomic E-state index is 0.136. The van der Waals surface area contributed by atoms with Crippen molar-refractivity contribution in [1.29, 1.82) is 0 Å². The SMILES string of the molecule is COCCn1c(C)cnc1C1CCN(C(=O)c2ccc(OC)c(F)c2)C1. The Balaban J connectivity index is 1.72. The van der Waals surface area contributed by atoms with Crippen molar-refractivity contribution < 1.29 is 18.7 Å². The van der Waals surface area contributed by atoms with Crippen LogP contribution in [-0.2, 0) is 11.3 Å². The average molecular weight is 361 g/mol. The summed E-state index contributed by atoms with van der Waals surface area (Å²) in [6.07, 6.45) is 2.70. The molecule has 1 aromatic heterocycles. The molecule has 0 radical (unpaired) electrons. The molecular formula is C19H24FN3O3. The lowest BCUT2D eigenvalue weighted by Gasteiger charge is -2.18. The van der Waals surface area contributed by atoms with Gasteiger partial charge in [-0.25, -0.2) is 9.37 Å². The van der Waals surface area contributed by atoms with Crippen molar-refractivity contribution in [2.45, 2.75) is 25.8 Å². The van der Waals surface area contributed by atoms with Crippen molar-refractivity contribution in [3.05, 3.63) is 47.3 Å². The molecule has 1 aromatic carbocycles. The normalized spacial score (nSPS) is 16.9. The summed E-state index contributed by atoms with van der Waals surface area (Å²) in [6, 6.07) is 4.32. The van der Waals surface area contributed by atoms with Gasteiger partial charge in [0.15, 0.2) is 11.6 Å². The Morgan fingerprint density at radius 1 is 1.38 bits per heavy atom. The maximum Gasteiger partial charge on any atom is 0.253 e. The third-order valence-electron chi connectivity index (χ3n) is 4.84. The first-order valence-corrected chi connectivity index (χ1v) is 8.69. The Morgan fingerprint density at radius 2 is 2.19 bits per heavy atom. The molecular weight excluding hydrogens is 337 g/mol. The largest absolute Gasteiger partial charge is 0.494 e. The number of aromatic nitrogens is 2. The van der Waals surface area contributed by atoms with E-state index in [1.165, 1.54) is 19.2 Å². The van der Waals surface area contributed by atoms with Gasteiger partial charge in [0.1, 0.15) is 5.82 Å². The van der Waals surface area contributed by atoms with Crippen LogP contribution in [0.5, 0.6) is 5.75 Å². The average Bonchev–Trinajstić information content (AvgIpc) is 3.26. The highest BCUT2D eigenvalue weighted by Crippen LogP contribution is 2.29. The summed E-state index contributed by atoms with van der Waals surface area (Å²) in [5, 5.41) is 0. The van der Waals surface area contributed by atoms with Crippen LogP contribution in [0.1, 0.15) is 34.2 Å². The predicted octanol–water partition coefficient (Wildman–Crippen LogP) is 2.62. The molecule has 3 rings (SSSR count). The van der Waals surface area contributed by atoms with E-state index in [-0.39, 0.29) is 17.6 Å². The number of imidazole rings is 1.